The molecule has 0 saturated heterocycles. The lowest BCUT2D eigenvalue weighted by molar-refractivity contribution is 0.0397. The van der Waals surface area contributed by atoms with Crippen LogP contribution >= 0.6 is 0 Å². The zero-order valence-electron chi connectivity index (χ0n) is 15.7. The van der Waals surface area contributed by atoms with Crippen molar-refractivity contribution in [2.45, 2.75) is 6.92 Å². The number of nitrogens with one attached hydrogen (secondary N) is 1. The average molecular weight is 384 g/mol. The highest BCUT2D eigenvalue weighted by Crippen LogP contribution is 2.36. The smallest absolute Gasteiger partial charge is 0.493 e. The molecule has 0 atom stereocenters. The largest absolute Gasteiger partial charge is 0.516 e. The molecule has 8 heteroatoms. The molecule has 0 radical (unpaired) electrons. The number of carbonyl (C=O) groups excluding carboxylic acids is 2. The Bertz CT molecular complexity index is 975. The van der Waals surface area contributed by atoms with Crippen molar-refractivity contribution in [2.75, 3.05) is 20.8 Å². The van der Waals surface area contributed by atoms with Crippen LogP contribution in [0.4, 0.5) is 4.79 Å². The zero-order valence-corrected chi connectivity index (χ0v) is 15.7. The van der Waals surface area contributed by atoms with Crippen molar-refractivity contribution in [3.8, 4) is 28.3 Å². The molecule has 0 bridgehead atoms. The molecular weight excluding hydrogens is 364 g/mol. The molecule has 2 heterocycles. The number of aromatic nitrogens is 2. The van der Waals surface area contributed by atoms with Crippen LogP contribution in [0.15, 0.2) is 48.9 Å². The van der Waals surface area contributed by atoms with Crippen LogP contribution in [0.5, 0.6) is 11.5 Å². The van der Waals surface area contributed by atoms with Crippen LogP contribution in [0, 0.1) is 0 Å². The lowest BCUT2D eigenvalue weighted by Crippen LogP contribution is -2.15. The number of hydrogen-bond acceptors (Lipinski definition) is 6. The molecule has 1 aromatic carbocycles. The van der Waals surface area contributed by atoms with E-state index in [4.69, 9.17) is 14.2 Å². The van der Waals surface area contributed by atoms with Crippen LogP contribution in [0.3, 0.4) is 0 Å². The molecule has 0 aliphatic heterocycles. The number of aromatic amines is 1. The van der Waals surface area contributed by atoms with Gasteiger partial charge in [0.1, 0.15) is 0 Å². The molecule has 0 amide bonds. The number of benzene rings is 1. The number of methoxy groups -OCH3 is 2. The molecule has 3 aromatic rings. The minimum atomic E-state index is -1.05. The first-order valence-electron chi connectivity index (χ1n) is 8.55. The highest BCUT2D eigenvalue weighted by molar-refractivity contribution is 5.99. The minimum absolute atomic E-state index is 0.109. The summed E-state index contributed by atoms with van der Waals surface area (Å²) in [7, 11) is 3.11. The van der Waals surface area contributed by atoms with Crippen LogP contribution in [0.2, 0.25) is 0 Å². The molecule has 1 N–H and O–H groups in total. The molecule has 0 saturated carbocycles. The normalized spacial score (nSPS) is 10.4. The highest BCUT2D eigenvalue weighted by atomic mass is 16.7. The SMILES string of the molecule is CCOC(=O)OC(=O)c1[nH]cc(-c2ccc(OC)c(OC)c2)c1-n1cccc1. The van der Waals surface area contributed by atoms with Gasteiger partial charge in [-0.25, -0.2) is 9.59 Å². The maximum Gasteiger partial charge on any atom is 0.516 e. The van der Waals surface area contributed by atoms with Crippen LogP contribution in [0.1, 0.15) is 17.4 Å². The van der Waals surface area contributed by atoms with Gasteiger partial charge in [0.2, 0.25) is 0 Å². The lowest BCUT2D eigenvalue weighted by Gasteiger charge is -2.12. The minimum Gasteiger partial charge on any atom is -0.493 e. The average Bonchev–Trinajstić information content (AvgIpc) is 3.36. The second-order valence-electron chi connectivity index (χ2n) is 5.66. The maximum atomic E-state index is 12.5. The number of ether oxygens (including phenoxy) is 4. The Kier molecular flexibility index (Phi) is 5.69. The van der Waals surface area contributed by atoms with E-state index in [0.29, 0.717) is 22.7 Å². The van der Waals surface area contributed by atoms with E-state index in [1.807, 2.05) is 18.2 Å². The third-order valence-corrected chi connectivity index (χ3v) is 4.05. The second-order valence-corrected chi connectivity index (χ2v) is 5.66. The molecule has 0 fully saturated rings. The fourth-order valence-corrected chi connectivity index (χ4v) is 2.82. The molecule has 0 spiro atoms. The Morgan fingerprint density at radius 1 is 1.07 bits per heavy atom. The molecule has 0 aliphatic carbocycles. The van der Waals surface area contributed by atoms with E-state index in [1.165, 1.54) is 0 Å². The van der Waals surface area contributed by atoms with E-state index < -0.39 is 12.1 Å². The zero-order chi connectivity index (χ0) is 20.1. The van der Waals surface area contributed by atoms with Gasteiger partial charge in [0.25, 0.3) is 0 Å². The highest BCUT2D eigenvalue weighted by Gasteiger charge is 2.24. The number of esters is 1. The summed E-state index contributed by atoms with van der Waals surface area (Å²) in [5, 5.41) is 0. The summed E-state index contributed by atoms with van der Waals surface area (Å²) in [5.74, 6) is 0.301. The summed E-state index contributed by atoms with van der Waals surface area (Å²) >= 11 is 0. The summed E-state index contributed by atoms with van der Waals surface area (Å²) in [6, 6.07) is 9.07. The van der Waals surface area contributed by atoms with Gasteiger partial charge in [-0.15, -0.1) is 0 Å². The van der Waals surface area contributed by atoms with E-state index in [9.17, 15) is 9.59 Å². The number of hydrogen-bond donors (Lipinski definition) is 1. The van der Waals surface area contributed by atoms with Gasteiger partial charge in [-0.3, -0.25) is 0 Å². The van der Waals surface area contributed by atoms with Crippen molar-refractivity contribution in [3.05, 3.63) is 54.6 Å². The Balaban J connectivity index is 2.07. The quantitative estimate of drug-likeness (QED) is 0.513. The van der Waals surface area contributed by atoms with E-state index in [-0.39, 0.29) is 12.3 Å². The monoisotopic (exact) mass is 384 g/mol. The molecule has 146 valence electrons. The first-order valence-corrected chi connectivity index (χ1v) is 8.55. The fraction of sp³-hybridized carbons (Fsp3) is 0.200. The predicted octanol–water partition coefficient (Wildman–Crippen LogP) is 3.80. The van der Waals surface area contributed by atoms with Gasteiger partial charge >= 0.3 is 12.1 Å². The second kappa shape index (κ2) is 8.34. The standard InChI is InChI=1S/C20H20N2O6/c1-4-27-20(24)28-19(23)17-18(22-9-5-6-10-22)14(12-21-17)13-7-8-15(25-2)16(11-13)26-3/h5-12,21H,4H2,1-3H3. The van der Waals surface area contributed by atoms with Crippen molar-refractivity contribution < 1.29 is 28.5 Å². The Morgan fingerprint density at radius 3 is 2.43 bits per heavy atom. The molecule has 0 aliphatic rings. The Hall–Kier alpha value is -3.68. The van der Waals surface area contributed by atoms with Crippen molar-refractivity contribution in [1.29, 1.82) is 0 Å². The topological polar surface area (TPSA) is 91.8 Å². The van der Waals surface area contributed by atoms with Gasteiger partial charge in [-0.1, -0.05) is 6.07 Å². The third kappa shape index (κ3) is 3.71. The number of rotatable bonds is 6. The van der Waals surface area contributed by atoms with Gasteiger partial charge in [-0.05, 0) is 36.8 Å². The summed E-state index contributed by atoms with van der Waals surface area (Å²) in [6.07, 6.45) is 4.19. The van der Waals surface area contributed by atoms with E-state index >= 15 is 0 Å². The van der Waals surface area contributed by atoms with E-state index in [1.54, 1.807) is 56.4 Å². The number of nitrogens with zero attached hydrogens (tertiary/aromatic N) is 1. The summed E-state index contributed by atoms with van der Waals surface area (Å²) < 4.78 is 21.8. The van der Waals surface area contributed by atoms with Crippen molar-refractivity contribution in [3.63, 3.8) is 0 Å². The Labute approximate surface area is 161 Å². The molecule has 0 unspecified atom stereocenters. The van der Waals surface area contributed by atoms with Crippen molar-refractivity contribution >= 4 is 12.1 Å². The third-order valence-electron chi connectivity index (χ3n) is 4.05. The van der Waals surface area contributed by atoms with Gasteiger partial charge in [0.15, 0.2) is 17.2 Å². The Morgan fingerprint density at radius 2 is 1.79 bits per heavy atom. The molecule has 2 aromatic heterocycles. The lowest BCUT2D eigenvalue weighted by atomic mass is 10.1. The summed E-state index contributed by atoms with van der Waals surface area (Å²) in [5.41, 5.74) is 2.15. The fourth-order valence-electron chi connectivity index (χ4n) is 2.82. The van der Waals surface area contributed by atoms with Crippen LogP contribution in [0.25, 0.3) is 16.8 Å². The van der Waals surface area contributed by atoms with Gasteiger partial charge in [0.05, 0.1) is 26.5 Å². The molecule has 28 heavy (non-hydrogen) atoms. The van der Waals surface area contributed by atoms with Crippen molar-refractivity contribution in [1.82, 2.24) is 9.55 Å². The first kappa shape index (κ1) is 19.1. The molecule has 3 rings (SSSR count). The van der Waals surface area contributed by atoms with E-state index in [2.05, 4.69) is 9.72 Å². The van der Waals surface area contributed by atoms with Crippen LogP contribution in [-0.2, 0) is 9.47 Å². The van der Waals surface area contributed by atoms with Crippen LogP contribution < -0.4 is 9.47 Å². The number of H-pyrrole nitrogens is 1. The predicted molar refractivity (Wildman–Crippen MR) is 101 cm³/mol. The number of carbonyl (C=O) groups is 2. The van der Waals surface area contributed by atoms with Gasteiger partial charge < -0.3 is 28.5 Å². The van der Waals surface area contributed by atoms with Crippen molar-refractivity contribution in [2.24, 2.45) is 0 Å². The summed E-state index contributed by atoms with van der Waals surface area (Å²) in [6.45, 7) is 1.74. The maximum absolute atomic E-state index is 12.5. The van der Waals surface area contributed by atoms with Gasteiger partial charge in [-0.2, -0.15) is 0 Å². The van der Waals surface area contributed by atoms with E-state index in [0.717, 1.165) is 5.56 Å². The summed E-state index contributed by atoms with van der Waals surface area (Å²) in [4.78, 5) is 26.9. The first-order chi connectivity index (χ1) is 13.6. The van der Waals surface area contributed by atoms with Crippen LogP contribution in [-0.4, -0.2) is 42.5 Å². The molecular formula is C20H20N2O6. The van der Waals surface area contributed by atoms with Gasteiger partial charge in [0, 0.05) is 24.2 Å². The molecule has 8 nitrogen and oxygen atoms in total.